The van der Waals surface area contributed by atoms with Gasteiger partial charge in [0, 0.05) is 17.0 Å². The van der Waals surface area contributed by atoms with Crippen molar-refractivity contribution in [2.24, 2.45) is 0 Å². The molecule has 3 rings (SSSR count). The van der Waals surface area contributed by atoms with Crippen molar-refractivity contribution in [3.63, 3.8) is 0 Å². The lowest BCUT2D eigenvalue weighted by Crippen LogP contribution is -2.02. The fourth-order valence-electron chi connectivity index (χ4n) is 2.71. The summed E-state index contributed by atoms with van der Waals surface area (Å²) < 4.78 is 24.9. The molecular formula is C19H15ClFNO3. The molecule has 0 amide bonds. The van der Waals surface area contributed by atoms with Gasteiger partial charge in [0.05, 0.1) is 36.1 Å². The van der Waals surface area contributed by atoms with E-state index in [1.54, 1.807) is 37.3 Å². The fraction of sp³-hybridized carbons (Fsp3) is 0.158. The van der Waals surface area contributed by atoms with Gasteiger partial charge in [-0.15, -0.1) is 0 Å². The van der Waals surface area contributed by atoms with Crippen LogP contribution in [0.4, 0.5) is 4.39 Å². The topological polar surface area (TPSA) is 48.4 Å². The van der Waals surface area contributed by atoms with Crippen LogP contribution in [0, 0.1) is 12.7 Å². The second-order valence-electron chi connectivity index (χ2n) is 5.48. The molecule has 0 atom stereocenters. The van der Waals surface area contributed by atoms with Crippen LogP contribution in [-0.4, -0.2) is 25.2 Å². The van der Waals surface area contributed by atoms with Gasteiger partial charge in [0.25, 0.3) is 0 Å². The Labute approximate surface area is 149 Å². The van der Waals surface area contributed by atoms with Gasteiger partial charge in [-0.3, -0.25) is 4.98 Å². The number of benzene rings is 2. The molecule has 3 aromatic rings. The lowest BCUT2D eigenvalue weighted by atomic mass is 9.99. The Morgan fingerprint density at radius 3 is 2.60 bits per heavy atom. The van der Waals surface area contributed by atoms with Gasteiger partial charge < -0.3 is 9.47 Å². The van der Waals surface area contributed by atoms with E-state index in [0.29, 0.717) is 38.4 Å². The second kappa shape index (κ2) is 6.69. The number of hydrogen-bond donors (Lipinski definition) is 0. The third-order valence-corrected chi connectivity index (χ3v) is 4.31. The average Bonchev–Trinajstić information content (AvgIpc) is 2.63. The minimum Gasteiger partial charge on any atom is -0.496 e. The van der Waals surface area contributed by atoms with Gasteiger partial charge in [0.15, 0.2) is 0 Å². The number of methoxy groups -OCH3 is 2. The maximum absolute atomic E-state index is 14.8. The van der Waals surface area contributed by atoms with Gasteiger partial charge in [0.1, 0.15) is 11.6 Å². The van der Waals surface area contributed by atoms with Crippen molar-refractivity contribution in [2.45, 2.75) is 6.92 Å². The van der Waals surface area contributed by atoms with E-state index in [0.717, 1.165) is 0 Å². The van der Waals surface area contributed by atoms with E-state index in [1.165, 1.54) is 20.4 Å². The highest BCUT2D eigenvalue weighted by Crippen LogP contribution is 2.38. The number of esters is 1. The predicted octanol–water partition coefficient (Wildman–Crippen LogP) is 4.80. The van der Waals surface area contributed by atoms with Crippen molar-refractivity contribution in [3.05, 3.63) is 58.5 Å². The third-order valence-electron chi connectivity index (χ3n) is 4.01. The number of aryl methyl sites for hydroxylation is 1. The monoisotopic (exact) mass is 359 g/mol. The normalized spacial score (nSPS) is 10.8. The molecule has 0 spiro atoms. The first-order chi connectivity index (χ1) is 12.0. The number of ether oxygens (including phenoxy) is 2. The number of carbonyl (C=O) groups is 1. The molecule has 0 radical (unpaired) electrons. The van der Waals surface area contributed by atoms with Crippen molar-refractivity contribution in [1.82, 2.24) is 4.98 Å². The molecular weight excluding hydrogens is 345 g/mol. The van der Waals surface area contributed by atoms with E-state index in [-0.39, 0.29) is 5.56 Å². The maximum atomic E-state index is 14.8. The number of rotatable bonds is 3. The van der Waals surface area contributed by atoms with Crippen LogP contribution in [0.3, 0.4) is 0 Å². The molecule has 6 heteroatoms. The Bertz CT molecular complexity index is 988. The lowest BCUT2D eigenvalue weighted by Gasteiger charge is -2.14. The summed E-state index contributed by atoms with van der Waals surface area (Å²) in [4.78, 5) is 16.2. The van der Waals surface area contributed by atoms with Crippen molar-refractivity contribution >= 4 is 28.3 Å². The van der Waals surface area contributed by atoms with Crippen molar-refractivity contribution < 1.29 is 18.7 Å². The Morgan fingerprint density at radius 1 is 1.16 bits per heavy atom. The summed E-state index contributed by atoms with van der Waals surface area (Å²) in [6, 6.07) is 8.20. The summed E-state index contributed by atoms with van der Waals surface area (Å²) in [7, 11) is 2.76. The standard InChI is InChI=1S/C19H15ClFNO3/c1-10-4-7-15(24-2)16(17(10)21)18-13-8-11(19(23)25-3)5-6-12(13)14(20)9-22-18/h4-9H,1-3H3. The summed E-state index contributed by atoms with van der Waals surface area (Å²) in [6.07, 6.45) is 1.46. The van der Waals surface area contributed by atoms with Crippen LogP contribution >= 0.6 is 11.6 Å². The first-order valence-electron chi connectivity index (χ1n) is 7.48. The Morgan fingerprint density at radius 2 is 1.92 bits per heavy atom. The van der Waals surface area contributed by atoms with Crippen LogP contribution in [-0.2, 0) is 4.74 Å². The summed E-state index contributed by atoms with van der Waals surface area (Å²) in [5, 5.41) is 1.60. The first kappa shape index (κ1) is 17.2. The highest BCUT2D eigenvalue weighted by Gasteiger charge is 2.20. The molecule has 1 heterocycles. The zero-order valence-corrected chi connectivity index (χ0v) is 14.6. The summed E-state index contributed by atoms with van der Waals surface area (Å²) in [6.45, 7) is 1.66. The third kappa shape index (κ3) is 2.91. The van der Waals surface area contributed by atoms with Crippen molar-refractivity contribution in [1.29, 1.82) is 0 Å². The van der Waals surface area contributed by atoms with E-state index < -0.39 is 11.8 Å². The highest BCUT2D eigenvalue weighted by atomic mass is 35.5. The van der Waals surface area contributed by atoms with Crippen LogP contribution in [0.5, 0.6) is 5.75 Å². The van der Waals surface area contributed by atoms with Gasteiger partial charge in [-0.1, -0.05) is 23.7 Å². The van der Waals surface area contributed by atoms with Gasteiger partial charge in [-0.05, 0) is 30.7 Å². The molecule has 2 aromatic carbocycles. The SMILES string of the molecule is COC(=O)c1ccc2c(Cl)cnc(-c3c(OC)ccc(C)c3F)c2c1. The minimum atomic E-state index is -0.496. The molecule has 0 saturated carbocycles. The average molecular weight is 360 g/mol. The van der Waals surface area contributed by atoms with E-state index >= 15 is 0 Å². The summed E-state index contributed by atoms with van der Waals surface area (Å²) >= 11 is 6.22. The second-order valence-corrected chi connectivity index (χ2v) is 5.89. The van der Waals surface area contributed by atoms with Gasteiger partial charge in [-0.2, -0.15) is 0 Å². The smallest absolute Gasteiger partial charge is 0.337 e. The molecule has 0 fully saturated rings. The molecule has 0 aliphatic heterocycles. The van der Waals surface area contributed by atoms with E-state index in [4.69, 9.17) is 21.1 Å². The molecule has 128 valence electrons. The van der Waals surface area contributed by atoms with Crippen LogP contribution in [0.1, 0.15) is 15.9 Å². The lowest BCUT2D eigenvalue weighted by molar-refractivity contribution is 0.0601. The molecule has 0 unspecified atom stereocenters. The first-order valence-corrected chi connectivity index (χ1v) is 7.85. The molecule has 25 heavy (non-hydrogen) atoms. The number of halogens is 2. The number of carbonyl (C=O) groups excluding carboxylic acids is 1. The predicted molar refractivity (Wildman–Crippen MR) is 94.8 cm³/mol. The van der Waals surface area contributed by atoms with Crippen molar-refractivity contribution in [2.75, 3.05) is 14.2 Å². The Balaban J connectivity index is 2.39. The Hall–Kier alpha value is -2.66. The number of pyridine rings is 1. The van der Waals surface area contributed by atoms with Crippen LogP contribution in [0.2, 0.25) is 5.02 Å². The molecule has 4 nitrogen and oxygen atoms in total. The quantitative estimate of drug-likeness (QED) is 0.630. The largest absolute Gasteiger partial charge is 0.496 e. The van der Waals surface area contributed by atoms with Crippen LogP contribution in [0.25, 0.3) is 22.0 Å². The fourth-order valence-corrected chi connectivity index (χ4v) is 2.92. The minimum absolute atomic E-state index is 0.228. The number of hydrogen-bond acceptors (Lipinski definition) is 4. The Kier molecular flexibility index (Phi) is 4.59. The van der Waals surface area contributed by atoms with Crippen molar-refractivity contribution in [3.8, 4) is 17.0 Å². The number of aromatic nitrogens is 1. The van der Waals surface area contributed by atoms with E-state index in [2.05, 4.69) is 4.98 Å². The van der Waals surface area contributed by atoms with Gasteiger partial charge >= 0.3 is 5.97 Å². The molecule has 0 saturated heterocycles. The molecule has 0 bridgehead atoms. The van der Waals surface area contributed by atoms with E-state index in [9.17, 15) is 9.18 Å². The number of fused-ring (bicyclic) bond motifs is 1. The highest BCUT2D eigenvalue weighted by molar-refractivity contribution is 6.35. The van der Waals surface area contributed by atoms with Crippen LogP contribution in [0.15, 0.2) is 36.5 Å². The molecule has 0 aliphatic rings. The zero-order valence-electron chi connectivity index (χ0n) is 13.9. The molecule has 0 aliphatic carbocycles. The summed E-state index contributed by atoms with van der Waals surface area (Å²) in [5.41, 5.74) is 1.37. The molecule has 1 aromatic heterocycles. The maximum Gasteiger partial charge on any atom is 0.337 e. The van der Waals surface area contributed by atoms with Gasteiger partial charge in [-0.25, -0.2) is 9.18 Å². The van der Waals surface area contributed by atoms with Gasteiger partial charge in [0.2, 0.25) is 0 Å². The number of nitrogens with zero attached hydrogens (tertiary/aromatic N) is 1. The van der Waals surface area contributed by atoms with Crippen LogP contribution < -0.4 is 4.74 Å². The zero-order chi connectivity index (χ0) is 18.1. The van der Waals surface area contributed by atoms with E-state index in [1.807, 2.05) is 0 Å². The summed E-state index contributed by atoms with van der Waals surface area (Å²) in [5.74, 6) is -0.578. The molecule has 0 N–H and O–H groups in total.